The molecule has 0 spiro atoms. The summed E-state index contributed by atoms with van der Waals surface area (Å²) in [6.45, 7) is 3.69. The van der Waals surface area contributed by atoms with Gasteiger partial charge in [-0.15, -0.1) is 22.9 Å². The Morgan fingerprint density at radius 2 is 2.19 bits per heavy atom. The SMILES string of the molecule is CCC(C)(CCl)NS(=O)(=O)c1ccc(Br)s1. The van der Waals surface area contributed by atoms with Crippen molar-refractivity contribution in [3.8, 4) is 0 Å². The molecule has 0 aliphatic carbocycles. The van der Waals surface area contributed by atoms with Crippen molar-refractivity contribution in [2.24, 2.45) is 0 Å². The van der Waals surface area contributed by atoms with Crippen LogP contribution in [0.3, 0.4) is 0 Å². The summed E-state index contributed by atoms with van der Waals surface area (Å²) in [4.78, 5) is 0. The Hall–Kier alpha value is 0.380. The summed E-state index contributed by atoms with van der Waals surface area (Å²) in [7, 11) is -3.47. The van der Waals surface area contributed by atoms with E-state index in [1.165, 1.54) is 11.3 Å². The molecule has 0 amide bonds. The Labute approximate surface area is 113 Å². The minimum Gasteiger partial charge on any atom is -0.206 e. The van der Waals surface area contributed by atoms with Crippen LogP contribution in [0.5, 0.6) is 0 Å². The molecule has 0 aliphatic heterocycles. The van der Waals surface area contributed by atoms with E-state index in [0.29, 0.717) is 10.6 Å². The smallest absolute Gasteiger partial charge is 0.206 e. The van der Waals surface area contributed by atoms with Crippen LogP contribution < -0.4 is 4.72 Å². The van der Waals surface area contributed by atoms with Gasteiger partial charge in [0.25, 0.3) is 10.0 Å². The van der Waals surface area contributed by atoms with Gasteiger partial charge < -0.3 is 0 Å². The maximum atomic E-state index is 12.0. The molecule has 0 saturated carbocycles. The largest absolute Gasteiger partial charge is 0.250 e. The van der Waals surface area contributed by atoms with Crippen molar-refractivity contribution in [3.63, 3.8) is 0 Å². The third kappa shape index (κ3) is 3.43. The van der Waals surface area contributed by atoms with E-state index in [4.69, 9.17) is 11.6 Å². The van der Waals surface area contributed by atoms with Gasteiger partial charge in [-0.1, -0.05) is 6.92 Å². The topological polar surface area (TPSA) is 46.2 Å². The second kappa shape index (κ2) is 5.35. The summed E-state index contributed by atoms with van der Waals surface area (Å²) in [5.74, 6) is 0.245. The van der Waals surface area contributed by atoms with E-state index in [1.54, 1.807) is 19.1 Å². The molecule has 1 heterocycles. The van der Waals surface area contributed by atoms with Gasteiger partial charge in [0.2, 0.25) is 0 Å². The van der Waals surface area contributed by atoms with Crippen molar-refractivity contribution in [2.75, 3.05) is 5.88 Å². The second-order valence-electron chi connectivity index (χ2n) is 3.71. The molecule has 1 aromatic rings. The zero-order valence-electron chi connectivity index (χ0n) is 8.96. The highest BCUT2D eigenvalue weighted by Gasteiger charge is 2.29. The third-order valence-electron chi connectivity index (χ3n) is 2.27. The van der Waals surface area contributed by atoms with Crippen LogP contribution in [-0.2, 0) is 10.0 Å². The van der Waals surface area contributed by atoms with Gasteiger partial charge >= 0.3 is 0 Å². The average molecular weight is 347 g/mol. The zero-order chi connectivity index (χ0) is 12.4. The lowest BCUT2D eigenvalue weighted by Crippen LogP contribution is -2.46. The first-order valence-corrected chi connectivity index (χ1v) is 8.31. The fourth-order valence-corrected chi connectivity index (χ4v) is 4.83. The molecule has 0 radical (unpaired) electrons. The van der Waals surface area contributed by atoms with E-state index in [9.17, 15) is 8.42 Å². The Morgan fingerprint density at radius 1 is 1.56 bits per heavy atom. The van der Waals surface area contributed by atoms with E-state index in [2.05, 4.69) is 20.7 Å². The van der Waals surface area contributed by atoms with E-state index in [0.717, 1.165) is 3.79 Å². The monoisotopic (exact) mass is 345 g/mol. The van der Waals surface area contributed by atoms with Crippen LogP contribution in [0.1, 0.15) is 20.3 Å². The molecular weight excluding hydrogens is 334 g/mol. The first kappa shape index (κ1) is 14.4. The zero-order valence-corrected chi connectivity index (χ0v) is 12.9. The molecule has 0 bridgehead atoms. The van der Waals surface area contributed by atoms with Crippen molar-refractivity contribution in [1.82, 2.24) is 4.72 Å². The predicted molar refractivity (Wildman–Crippen MR) is 71.8 cm³/mol. The van der Waals surface area contributed by atoms with E-state index < -0.39 is 15.6 Å². The van der Waals surface area contributed by atoms with Crippen molar-refractivity contribution in [3.05, 3.63) is 15.9 Å². The second-order valence-corrected chi connectivity index (χ2v) is 8.35. The molecule has 1 N–H and O–H groups in total. The molecule has 1 aromatic heterocycles. The van der Waals surface area contributed by atoms with Gasteiger partial charge in [0.15, 0.2) is 0 Å². The van der Waals surface area contributed by atoms with Gasteiger partial charge in [-0.05, 0) is 41.4 Å². The van der Waals surface area contributed by atoms with Crippen LogP contribution >= 0.6 is 38.9 Å². The number of sulfonamides is 1. The van der Waals surface area contributed by atoms with E-state index in [1.807, 2.05) is 6.92 Å². The Bertz CT molecular complexity index is 454. The van der Waals surface area contributed by atoms with Gasteiger partial charge in [-0.2, -0.15) is 0 Å². The molecule has 1 rings (SSSR count). The molecule has 0 aromatic carbocycles. The van der Waals surface area contributed by atoms with Gasteiger partial charge in [-0.3, -0.25) is 0 Å². The molecule has 1 atom stereocenters. The first-order valence-electron chi connectivity index (χ1n) is 4.68. The Morgan fingerprint density at radius 3 is 2.56 bits per heavy atom. The molecule has 1 unspecified atom stereocenters. The molecule has 16 heavy (non-hydrogen) atoms. The summed E-state index contributed by atoms with van der Waals surface area (Å²) >= 11 is 10.2. The van der Waals surface area contributed by atoms with Gasteiger partial charge in [0.1, 0.15) is 4.21 Å². The highest BCUT2D eigenvalue weighted by atomic mass is 79.9. The fraction of sp³-hybridized carbons (Fsp3) is 0.556. The number of hydrogen-bond donors (Lipinski definition) is 1. The number of thiophene rings is 1. The standard InChI is InChI=1S/C9H13BrClNO2S2/c1-3-9(2,6-11)12-16(13,14)8-5-4-7(10)15-8/h4-5,12H,3,6H2,1-2H3. The number of rotatable bonds is 5. The van der Waals surface area contributed by atoms with Crippen molar-refractivity contribution < 1.29 is 8.42 Å². The number of alkyl halides is 1. The number of halogens is 2. The molecule has 3 nitrogen and oxygen atoms in total. The molecule has 0 aliphatic rings. The van der Waals surface area contributed by atoms with Gasteiger partial charge in [-0.25, -0.2) is 13.1 Å². The maximum absolute atomic E-state index is 12.0. The lowest BCUT2D eigenvalue weighted by molar-refractivity contribution is 0.445. The average Bonchev–Trinajstić information content (AvgIpc) is 2.65. The minimum absolute atomic E-state index is 0.245. The van der Waals surface area contributed by atoms with E-state index >= 15 is 0 Å². The lowest BCUT2D eigenvalue weighted by Gasteiger charge is -2.26. The van der Waals surface area contributed by atoms with Crippen LogP contribution in [0.25, 0.3) is 0 Å². The van der Waals surface area contributed by atoms with Crippen molar-refractivity contribution >= 4 is 48.9 Å². The summed E-state index contributed by atoms with van der Waals surface area (Å²) in [5, 5.41) is 0. The summed E-state index contributed by atoms with van der Waals surface area (Å²) in [6.07, 6.45) is 0.641. The summed E-state index contributed by atoms with van der Waals surface area (Å²) in [6, 6.07) is 3.28. The summed E-state index contributed by atoms with van der Waals surface area (Å²) < 4.78 is 27.7. The third-order valence-corrected chi connectivity index (χ3v) is 6.61. The van der Waals surface area contributed by atoms with Crippen LogP contribution in [0.15, 0.2) is 20.1 Å². The van der Waals surface area contributed by atoms with Crippen LogP contribution in [0.2, 0.25) is 0 Å². The number of hydrogen-bond acceptors (Lipinski definition) is 3. The van der Waals surface area contributed by atoms with Crippen molar-refractivity contribution in [2.45, 2.75) is 30.0 Å². The summed E-state index contributed by atoms with van der Waals surface area (Å²) in [5.41, 5.74) is -0.600. The molecule has 0 fully saturated rings. The molecule has 92 valence electrons. The highest BCUT2D eigenvalue weighted by Crippen LogP contribution is 2.27. The molecular formula is C9H13BrClNO2S2. The first-order chi connectivity index (χ1) is 7.33. The molecule has 0 saturated heterocycles. The quantitative estimate of drug-likeness (QED) is 0.832. The Balaban J connectivity index is 2.96. The maximum Gasteiger partial charge on any atom is 0.250 e. The fourth-order valence-electron chi connectivity index (χ4n) is 1.01. The van der Waals surface area contributed by atoms with Crippen molar-refractivity contribution in [1.29, 1.82) is 0 Å². The van der Waals surface area contributed by atoms with Crippen LogP contribution in [-0.4, -0.2) is 19.8 Å². The molecule has 7 heteroatoms. The van der Waals surface area contributed by atoms with Gasteiger partial charge in [0.05, 0.1) is 3.79 Å². The number of nitrogens with one attached hydrogen (secondary N) is 1. The predicted octanol–water partition coefficient (Wildman–Crippen LogP) is 3.20. The van der Waals surface area contributed by atoms with Crippen LogP contribution in [0, 0.1) is 0 Å². The highest BCUT2D eigenvalue weighted by molar-refractivity contribution is 9.11. The van der Waals surface area contributed by atoms with Crippen LogP contribution in [0.4, 0.5) is 0 Å². The van der Waals surface area contributed by atoms with Gasteiger partial charge in [0, 0.05) is 11.4 Å². The lowest BCUT2D eigenvalue weighted by atomic mass is 10.0. The normalized spacial score (nSPS) is 16.0. The minimum atomic E-state index is -3.47. The van der Waals surface area contributed by atoms with E-state index in [-0.39, 0.29) is 5.88 Å². The Kier molecular flexibility index (Phi) is 4.83.